The molecular weight excluding hydrogens is 306 g/mol. The molecule has 0 radical (unpaired) electrons. The van der Waals surface area contributed by atoms with E-state index >= 15 is 0 Å². The highest BCUT2D eigenvalue weighted by atomic mass is 16.3. The molecule has 3 heterocycles. The Bertz CT molecular complexity index is 598. The molecule has 2 amide bonds. The molecule has 1 aromatic heterocycles. The minimum absolute atomic E-state index is 0.0368. The van der Waals surface area contributed by atoms with Crippen molar-refractivity contribution in [1.82, 2.24) is 15.1 Å². The molecule has 1 N–H and O–H groups in total. The van der Waals surface area contributed by atoms with Gasteiger partial charge in [-0.3, -0.25) is 14.5 Å². The second-order valence-electron chi connectivity index (χ2n) is 6.84. The van der Waals surface area contributed by atoms with Crippen LogP contribution in [0.25, 0.3) is 0 Å². The summed E-state index contributed by atoms with van der Waals surface area (Å²) >= 11 is 0. The van der Waals surface area contributed by atoms with Gasteiger partial charge in [0.25, 0.3) is 0 Å². The fourth-order valence-corrected chi connectivity index (χ4v) is 3.82. The van der Waals surface area contributed by atoms with Crippen molar-refractivity contribution in [1.29, 1.82) is 0 Å². The van der Waals surface area contributed by atoms with Crippen LogP contribution in [-0.4, -0.2) is 53.8 Å². The van der Waals surface area contributed by atoms with Gasteiger partial charge in [0, 0.05) is 37.7 Å². The molecular formula is C18H27N3O3. The Kier molecular flexibility index (Phi) is 5.23. The Hall–Kier alpha value is -1.82. The van der Waals surface area contributed by atoms with Gasteiger partial charge in [0.15, 0.2) is 0 Å². The van der Waals surface area contributed by atoms with Crippen molar-refractivity contribution in [2.24, 2.45) is 5.92 Å². The van der Waals surface area contributed by atoms with E-state index in [0.717, 1.165) is 37.4 Å². The number of nitrogens with one attached hydrogen (secondary N) is 1. The molecule has 0 spiro atoms. The van der Waals surface area contributed by atoms with Crippen LogP contribution in [0.5, 0.6) is 0 Å². The molecule has 132 valence electrons. The molecule has 6 heteroatoms. The molecule has 0 aliphatic carbocycles. The van der Waals surface area contributed by atoms with E-state index in [0.29, 0.717) is 25.6 Å². The zero-order valence-corrected chi connectivity index (χ0v) is 14.6. The minimum Gasteiger partial charge on any atom is -0.469 e. The average molecular weight is 333 g/mol. The average Bonchev–Trinajstić information content (AvgIpc) is 3.27. The summed E-state index contributed by atoms with van der Waals surface area (Å²) < 4.78 is 5.23. The van der Waals surface area contributed by atoms with Crippen LogP contribution in [0, 0.1) is 12.8 Å². The van der Waals surface area contributed by atoms with Gasteiger partial charge in [0.05, 0.1) is 12.2 Å². The monoisotopic (exact) mass is 333 g/mol. The van der Waals surface area contributed by atoms with E-state index in [4.69, 9.17) is 4.42 Å². The van der Waals surface area contributed by atoms with Crippen LogP contribution in [0.2, 0.25) is 0 Å². The van der Waals surface area contributed by atoms with Crippen molar-refractivity contribution in [2.75, 3.05) is 26.2 Å². The largest absolute Gasteiger partial charge is 0.469 e. The standard InChI is InChI=1S/C18H27N3O3/c1-3-20-7-4-5-16(20)12-21-11-15(9-17(21)22)18(23)19-10-14-6-8-24-13(14)2/h6,8,15-16H,3-5,7,9-12H2,1-2H3,(H,19,23). The number of rotatable bonds is 6. The summed E-state index contributed by atoms with van der Waals surface area (Å²) in [6, 6.07) is 2.32. The van der Waals surface area contributed by atoms with E-state index in [1.54, 1.807) is 6.26 Å². The van der Waals surface area contributed by atoms with E-state index < -0.39 is 0 Å². The third-order valence-electron chi connectivity index (χ3n) is 5.34. The van der Waals surface area contributed by atoms with Crippen LogP contribution < -0.4 is 5.32 Å². The Balaban J connectivity index is 1.50. The van der Waals surface area contributed by atoms with E-state index in [2.05, 4.69) is 17.1 Å². The van der Waals surface area contributed by atoms with Gasteiger partial charge >= 0.3 is 0 Å². The van der Waals surface area contributed by atoms with Crippen molar-refractivity contribution in [3.05, 3.63) is 23.7 Å². The fraction of sp³-hybridized carbons (Fsp3) is 0.667. The van der Waals surface area contributed by atoms with Crippen LogP contribution in [-0.2, 0) is 16.1 Å². The fourth-order valence-electron chi connectivity index (χ4n) is 3.82. The van der Waals surface area contributed by atoms with Crippen LogP contribution in [0.3, 0.4) is 0 Å². The van der Waals surface area contributed by atoms with Gasteiger partial charge in [-0.25, -0.2) is 0 Å². The number of furan rings is 1. The molecule has 0 saturated carbocycles. The first-order chi connectivity index (χ1) is 11.6. The molecule has 1 aromatic rings. The van der Waals surface area contributed by atoms with Crippen molar-refractivity contribution in [3.8, 4) is 0 Å². The van der Waals surface area contributed by atoms with Crippen LogP contribution in [0.15, 0.2) is 16.7 Å². The zero-order chi connectivity index (χ0) is 17.1. The molecule has 2 atom stereocenters. The van der Waals surface area contributed by atoms with Gasteiger partial charge in [-0.05, 0) is 38.9 Å². The van der Waals surface area contributed by atoms with Crippen molar-refractivity contribution >= 4 is 11.8 Å². The number of hydrogen-bond donors (Lipinski definition) is 1. The van der Waals surface area contributed by atoms with E-state index in [-0.39, 0.29) is 17.7 Å². The quantitative estimate of drug-likeness (QED) is 0.857. The predicted octanol–water partition coefficient (Wildman–Crippen LogP) is 1.54. The first kappa shape index (κ1) is 17.0. The van der Waals surface area contributed by atoms with Crippen molar-refractivity contribution in [3.63, 3.8) is 0 Å². The molecule has 24 heavy (non-hydrogen) atoms. The predicted molar refractivity (Wildman–Crippen MR) is 90.2 cm³/mol. The Labute approximate surface area is 143 Å². The van der Waals surface area contributed by atoms with Crippen molar-refractivity contribution in [2.45, 2.75) is 45.7 Å². The summed E-state index contributed by atoms with van der Waals surface area (Å²) in [6.45, 7) is 7.96. The molecule has 0 aromatic carbocycles. The normalized spacial score (nSPS) is 24.8. The van der Waals surface area contributed by atoms with E-state index in [1.807, 2.05) is 17.9 Å². The second-order valence-corrected chi connectivity index (χ2v) is 6.84. The number of amides is 2. The van der Waals surface area contributed by atoms with Gasteiger partial charge in [0.1, 0.15) is 5.76 Å². The molecule has 2 aliphatic rings. The highest BCUT2D eigenvalue weighted by molar-refractivity contribution is 5.89. The number of hydrogen-bond acceptors (Lipinski definition) is 4. The Morgan fingerprint density at radius 3 is 3.00 bits per heavy atom. The van der Waals surface area contributed by atoms with Gasteiger partial charge in [-0.1, -0.05) is 6.92 Å². The third kappa shape index (κ3) is 3.64. The maximum Gasteiger partial charge on any atom is 0.225 e. The maximum atomic E-state index is 12.4. The molecule has 3 rings (SSSR count). The zero-order valence-electron chi connectivity index (χ0n) is 14.6. The first-order valence-corrected chi connectivity index (χ1v) is 8.91. The lowest BCUT2D eigenvalue weighted by Crippen LogP contribution is -2.41. The molecule has 2 unspecified atom stereocenters. The molecule has 0 bridgehead atoms. The number of carbonyl (C=O) groups is 2. The van der Waals surface area contributed by atoms with Crippen molar-refractivity contribution < 1.29 is 14.0 Å². The number of likely N-dealkylation sites (N-methyl/N-ethyl adjacent to an activating group) is 1. The number of nitrogens with zero attached hydrogens (tertiary/aromatic N) is 2. The Morgan fingerprint density at radius 2 is 2.29 bits per heavy atom. The summed E-state index contributed by atoms with van der Waals surface area (Å²) in [5, 5.41) is 2.93. The van der Waals surface area contributed by atoms with E-state index in [9.17, 15) is 9.59 Å². The summed E-state index contributed by atoms with van der Waals surface area (Å²) in [7, 11) is 0. The lowest BCUT2D eigenvalue weighted by atomic mass is 10.1. The highest BCUT2D eigenvalue weighted by Gasteiger charge is 2.36. The number of aryl methyl sites for hydroxylation is 1. The third-order valence-corrected chi connectivity index (χ3v) is 5.34. The minimum atomic E-state index is -0.235. The number of carbonyl (C=O) groups excluding carboxylic acids is 2. The van der Waals surface area contributed by atoms with E-state index in [1.165, 1.54) is 6.42 Å². The topological polar surface area (TPSA) is 65.8 Å². The molecule has 6 nitrogen and oxygen atoms in total. The van der Waals surface area contributed by atoms with Gasteiger partial charge < -0.3 is 14.6 Å². The highest BCUT2D eigenvalue weighted by Crippen LogP contribution is 2.23. The molecule has 2 saturated heterocycles. The number of likely N-dealkylation sites (tertiary alicyclic amines) is 2. The molecule has 2 fully saturated rings. The summed E-state index contributed by atoms with van der Waals surface area (Å²) in [5.74, 6) is 0.657. The molecule has 2 aliphatic heterocycles. The van der Waals surface area contributed by atoms with Crippen LogP contribution >= 0.6 is 0 Å². The summed E-state index contributed by atoms with van der Waals surface area (Å²) in [4.78, 5) is 29.0. The van der Waals surface area contributed by atoms with Gasteiger partial charge in [0.2, 0.25) is 11.8 Å². The van der Waals surface area contributed by atoms with Crippen LogP contribution in [0.4, 0.5) is 0 Å². The maximum absolute atomic E-state index is 12.4. The second kappa shape index (κ2) is 7.38. The summed E-state index contributed by atoms with van der Waals surface area (Å²) in [5.41, 5.74) is 0.981. The summed E-state index contributed by atoms with van der Waals surface area (Å²) in [6.07, 6.45) is 4.30. The lowest BCUT2D eigenvalue weighted by molar-refractivity contribution is -0.129. The van der Waals surface area contributed by atoms with Gasteiger partial charge in [-0.15, -0.1) is 0 Å². The van der Waals surface area contributed by atoms with Crippen LogP contribution in [0.1, 0.15) is 37.5 Å². The van der Waals surface area contributed by atoms with Gasteiger partial charge in [-0.2, -0.15) is 0 Å². The first-order valence-electron chi connectivity index (χ1n) is 8.91. The Morgan fingerprint density at radius 1 is 1.46 bits per heavy atom. The lowest BCUT2D eigenvalue weighted by Gasteiger charge is -2.27. The SMILES string of the molecule is CCN1CCCC1CN1CC(C(=O)NCc2ccoc2C)CC1=O. The smallest absolute Gasteiger partial charge is 0.225 e.